The maximum Gasteiger partial charge on any atom is 0.193 e. The average Bonchev–Trinajstić information content (AvgIpc) is 2.60. The van der Waals surface area contributed by atoms with Crippen molar-refractivity contribution in [3.05, 3.63) is 58.8 Å². The number of ether oxygens (including phenoxy) is 2. The minimum absolute atomic E-state index is 0.0926. The van der Waals surface area contributed by atoms with Crippen LogP contribution in [0.25, 0.3) is 22.3 Å². The van der Waals surface area contributed by atoms with E-state index < -0.39 is 0 Å². The summed E-state index contributed by atoms with van der Waals surface area (Å²) in [6, 6.07) is 13.9. The predicted octanol–water partition coefficient (Wildman–Crippen LogP) is 2.59. The smallest absolute Gasteiger partial charge is 0.193 e. The Labute approximate surface area is 131 Å². The maximum atomic E-state index is 12.2. The van der Waals surface area contributed by atoms with Crippen molar-refractivity contribution in [1.82, 2.24) is 0 Å². The van der Waals surface area contributed by atoms with Crippen LogP contribution in [0.5, 0.6) is 11.5 Å². The number of para-hydroxylation sites is 1. The molecule has 4 rings (SSSR count). The van der Waals surface area contributed by atoms with E-state index in [9.17, 15) is 9.90 Å². The molecule has 1 aromatic heterocycles. The maximum absolute atomic E-state index is 12.2. The van der Waals surface area contributed by atoms with Crippen molar-refractivity contribution in [3.8, 4) is 22.8 Å². The van der Waals surface area contributed by atoms with Gasteiger partial charge in [-0.05, 0) is 30.3 Å². The van der Waals surface area contributed by atoms with Crippen LogP contribution in [0, 0.1) is 0 Å². The third-order valence-corrected chi connectivity index (χ3v) is 3.78. The Morgan fingerprint density at radius 3 is 2.83 bits per heavy atom. The number of rotatable bonds is 2. The molecule has 1 unspecified atom stereocenters. The van der Waals surface area contributed by atoms with Gasteiger partial charge in [0.1, 0.15) is 18.0 Å². The molecule has 0 fully saturated rings. The summed E-state index contributed by atoms with van der Waals surface area (Å²) >= 11 is 0. The van der Waals surface area contributed by atoms with Gasteiger partial charge in [-0.15, -0.1) is 0 Å². The molecule has 2 aromatic carbocycles. The Bertz CT molecular complexity index is 928. The van der Waals surface area contributed by atoms with Gasteiger partial charge in [0, 0.05) is 11.6 Å². The Kier molecular flexibility index (Phi) is 3.28. The SMILES string of the molecule is O=c1cc(-c2ccc3c(c2)OC(CO)CO3)oc2ccccc12. The zero-order chi connectivity index (χ0) is 15.8. The van der Waals surface area contributed by atoms with Crippen molar-refractivity contribution in [2.45, 2.75) is 6.10 Å². The van der Waals surface area contributed by atoms with Gasteiger partial charge in [-0.2, -0.15) is 0 Å². The highest BCUT2D eigenvalue weighted by Gasteiger charge is 2.21. The molecule has 0 bridgehead atoms. The molecule has 3 aromatic rings. The summed E-state index contributed by atoms with van der Waals surface area (Å²) in [4.78, 5) is 12.2. The van der Waals surface area contributed by atoms with E-state index in [0.717, 1.165) is 0 Å². The molecule has 0 saturated heterocycles. The van der Waals surface area contributed by atoms with Crippen LogP contribution >= 0.6 is 0 Å². The molecule has 0 radical (unpaired) electrons. The van der Waals surface area contributed by atoms with Crippen LogP contribution in [0.1, 0.15) is 0 Å². The third kappa shape index (κ3) is 2.45. The van der Waals surface area contributed by atoms with Gasteiger partial charge in [0.25, 0.3) is 0 Å². The van der Waals surface area contributed by atoms with Crippen LogP contribution in [-0.2, 0) is 0 Å². The minimum Gasteiger partial charge on any atom is -0.486 e. The highest BCUT2D eigenvalue weighted by atomic mass is 16.6. The molecule has 116 valence electrons. The second-order valence-corrected chi connectivity index (χ2v) is 5.37. The molecule has 1 aliphatic rings. The Hall–Kier alpha value is -2.79. The summed E-state index contributed by atoms with van der Waals surface area (Å²) in [7, 11) is 0. The lowest BCUT2D eigenvalue weighted by molar-refractivity contribution is 0.0457. The predicted molar refractivity (Wildman–Crippen MR) is 84.9 cm³/mol. The first-order chi connectivity index (χ1) is 11.2. The normalized spacial score (nSPS) is 16.5. The summed E-state index contributed by atoms with van der Waals surface area (Å²) in [5.41, 5.74) is 1.16. The molecular formula is C18H14O5. The fourth-order valence-corrected chi connectivity index (χ4v) is 2.61. The molecule has 2 heterocycles. The lowest BCUT2D eigenvalue weighted by atomic mass is 10.1. The van der Waals surface area contributed by atoms with E-state index in [1.165, 1.54) is 6.07 Å². The van der Waals surface area contributed by atoms with Gasteiger partial charge in [0.2, 0.25) is 0 Å². The van der Waals surface area contributed by atoms with Crippen molar-refractivity contribution < 1.29 is 19.0 Å². The number of benzene rings is 2. The van der Waals surface area contributed by atoms with Crippen LogP contribution in [0.4, 0.5) is 0 Å². The highest BCUT2D eigenvalue weighted by Crippen LogP contribution is 2.36. The van der Waals surface area contributed by atoms with E-state index in [-0.39, 0.29) is 18.1 Å². The van der Waals surface area contributed by atoms with E-state index in [1.54, 1.807) is 30.3 Å². The number of hydrogen-bond donors (Lipinski definition) is 1. The van der Waals surface area contributed by atoms with Gasteiger partial charge < -0.3 is 19.0 Å². The molecule has 0 saturated carbocycles. The van der Waals surface area contributed by atoms with E-state index in [0.29, 0.717) is 40.4 Å². The molecule has 0 spiro atoms. The van der Waals surface area contributed by atoms with E-state index in [1.807, 2.05) is 12.1 Å². The van der Waals surface area contributed by atoms with Gasteiger partial charge in [-0.3, -0.25) is 4.79 Å². The number of aliphatic hydroxyl groups is 1. The average molecular weight is 310 g/mol. The lowest BCUT2D eigenvalue weighted by Gasteiger charge is -2.25. The van der Waals surface area contributed by atoms with Gasteiger partial charge in [-0.25, -0.2) is 0 Å². The number of fused-ring (bicyclic) bond motifs is 2. The molecule has 5 nitrogen and oxygen atoms in total. The van der Waals surface area contributed by atoms with Gasteiger partial charge in [0.05, 0.1) is 12.0 Å². The molecule has 1 atom stereocenters. The standard InChI is InChI=1S/C18H14O5/c19-9-12-10-21-16-6-5-11(7-18(16)22-12)17-8-14(20)13-3-1-2-4-15(13)23-17/h1-8,12,19H,9-10H2. The van der Waals surface area contributed by atoms with Crippen LogP contribution in [0.3, 0.4) is 0 Å². The quantitative estimate of drug-likeness (QED) is 0.788. The summed E-state index contributed by atoms with van der Waals surface area (Å²) in [5.74, 6) is 1.61. The van der Waals surface area contributed by atoms with Gasteiger partial charge >= 0.3 is 0 Å². The van der Waals surface area contributed by atoms with Crippen molar-refractivity contribution in [3.63, 3.8) is 0 Å². The fraction of sp³-hybridized carbons (Fsp3) is 0.167. The molecule has 0 amide bonds. The minimum atomic E-state index is -0.388. The summed E-state index contributed by atoms with van der Waals surface area (Å²) in [6.07, 6.45) is -0.388. The zero-order valence-electron chi connectivity index (χ0n) is 12.2. The molecule has 1 N–H and O–H groups in total. The molecule has 1 aliphatic heterocycles. The Morgan fingerprint density at radius 1 is 1.09 bits per heavy atom. The highest BCUT2D eigenvalue weighted by molar-refractivity contribution is 5.78. The summed E-state index contributed by atoms with van der Waals surface area (Å²) in [5, 5.41) is 9.74. The van der Waals surface area contributed by atoms with Crippen LogP contribution in [0.2, 0.25) is 0 Å². The molecule has 0 aliphatic carbocycles. The lowest BCUT2D eigenvalue weighted by Crippen LogP contribution is -2.32. The molecule has 5 heteroatoms. The second kappa shape index (κ2) is 5.44. The van der Waals surface area contributed by atoms with Crippen molar-refractivity contribution >= 4 is 11.0 Å². The number of hydrogen-bond acceptors (Lipinski definition) is 5. The summed E-state index contributed by atoms with van der Waals surface area (Å²) < 4.78 is 17.0. The molecule has 23 heavy (non-hydrogen) atoms. The topological polar surface area (TPSA) is 68.9 Å². The molecular weight excluding hydrogens is 296 g/mol. The van der Waals surface area contributed by atoms with Crippen molar-refractivity contribution in [2.75, 3.05) is 13.2 Å². The van der Waals surface area contributed by atoms with Crippen molar-refractivity contribution in [1.29, 1.82) is 0 Å². The van der Waals surface area contributed by atoms with Crippen LogP contribution in [0.15, 0.2) is 57.7 Å². The van der Waals surface area contributed by atoms with E-state index in [4.69, 9.17) is 13.9 Å². The zero-order valence-corrected chi connectivity index (χ0v) is 12.2. The monoisotopic (exact) mass is 310 g/mol. The summed E-state index contributed by atoms with van der Waals surface area (Å²) in [6.45, 7) is 0.197. The first-order valence-electron chi connectivity index (χ1n) is 7.32. The van der Waals surface area contributed by atoms with Gasteiger partial charge in [-0.1, -0.05) is 12.1 Å². The largest absolute Gasteiger partial charge is 0.486 e. The number of aliphatic hydroxyl groups excluding tert-OH is 1. The Balaban J connectivity index is 1.81. The Morgan fingerprint density at radius 2 is 1.96 bits per heavy atom. The van der Waals surface area contributed by atoms with Crippen LogP contribution in [-0.4, -0.2) is 24.4 Å². The first kappa shape index (κ1) is 13.8. The third-order valence-electron chi connectivity index (χ3n) is 3.78. The van der Waals surface area contributed by atoms with Crippen LogP contribution < -0.4 is 14.9 Å². The van der Waals surface area contributed by atoms with Crippen molar-refractivity contribution in [2.24, 2.45) is 0 Å². The fourth-order valence-electron chi connectivity index (χ4n) is 2.61. The first-order valence-corrected chi connectivity index (χ1v) is 7.32. The van der Waals surface area contributed by atoms with E-state index >= 15 is 0 Å². The van der Waals surface area contributed by atoms with E-state index in [2.05, 4.69) is 0 Å². The second-order valence-electron chi connectivity index (χ2n) is 5.37. The van der Waals surface area contributed by atoms with Gasteiger partial charge in [0.15, 0.2) is 23.0 Å².